The van der Waals surface area contributed by atoms with Gasteiger partial charge in [0.25, 0.3) is 0 Å². The Morgan fingerprint density at radius 1 is 1.31 bits per heavy atom. The van der Waals surface area contributed by atoms with Crippen molar-refractivity contribution in [1.29, 1.82) is 5.26 Å². The highest BCUT2D eigenvalue weighted by molar-refractivity contribution is 5.41. The van der Waals surface area contributed by atoms with Crippen LogP contribution in [-0.2, 0) is 0 Å². The van der Waals surface area contributed by atoms with E-state index in [1.54, 1.807) is 0 Å². The van der Waals surface area contributed by atoms with E-state index >= 15 is 0 Å². The van der Waals surface area contributed by atoms with Gasteiger partial charge in [-0.05, 0) is 30.4 Å². The molecule has 1 aliphatic heterocycles. The third-order valence-electron chi connectivity index (χ3n) is 3.59. The highest BCUT2D eigenvalue weighted by atomic mass is 16.5. The summed E-state index contributed by atoms with van der Waals surface area (Å²) in [5, 5.41) is 8.98. The number of hydrogen-bond donors (Lipinski definition) is 0. The van der Waals surface area contributed by atoms with Crippen molar-refractivity contribution in [2.75, 3.05) is 6.61 Å². The van der Waals surface area contributed by atoms with Gasteiger partial charge in [-0.2, -0.15) is 5.26 Å². The SMILES string of the molecule is N#CC1=CCC2COc3ccccc3C2C1. The Morgan fingerprint density at radius 2 is 2.19 bits per heavy atom. The number of fused-ring (bicyclic) bond motifs is 3. The number of allylic oxidation sites excluding steroid dienone is 2. The van der Waals surface area contributed by atoms with E-state index in [0.29, 0.717) is 11.8 Å². The van der Waals surface area contributed by atoms with Gasteiger partial charge in [-0.3, -0.25) is 0 Å². The summed E-state index contributed by atoms with van der Waals surface area (Å²) in [7, 11) is 0. The van der Waals surface area contributed by atoms with E-state index in [0.717, 1.165) is 30.8 Å². The third-order valence-corrected chi connectivity index (χ3v) is 3.59. The fourth-order valence-electron chi connectivity index (χ4n) is 2.70. The van der Waals surface area contributed by atoms with Crippen LogP contribution >= 0.6 is 0 Å². The van der Waals surface area contributed by atoms with Crippen molar-refractivity contribution in [2.45, 2.75) is 18.8 Å². The third kappa shape index (κ3) is 1.40. The zero-order valence-corrected chi connectivity index (χ0v) is 9.02. The minimum absolute atomic E-state index is 0.476. The molecule has 0 bridgehead atoms. The summed E-state index contributed by atoms with van der Waals surface area (Å²) >= 11 is 0. The molecule has 2 aliphatic rings. The molecule has 2 heteroatoms. The molecule has 1 heterocycles. The number of para-hydroxylation sites is 1. The van der Waals surface area contributed by atoms with Gasteiger partial charge in [0, 0.05) is 11.5 Å². The van der Waals surface area contributed by atoms with Crippen LogP contribution in [0.15, 0.2) is 35.9 Å². The van der Waals surface area contributed by atoms with E-state index in [1.807, 2.05) is 12.1 Å². The number of ether oxygens (including phenoxy) is 1. The molecule has 2 atom stereocenters. The second-order valence-electron chi connectivity index (χ2n) is 4.50. The fourth-order valence-corrected chi connectivity index (χ4v) is 2.70. The summed E-state index contributed by atoms with van der Waals surface area (Å²) in [4.78, 5) is 0. The molecule has 0 saturated heterocycles. The average molecular weight is 211 g/mol. The highest BCUT2D eigenvalue weighted by Crippen LogP contribution is 2.44. The maximum absolute atomic E-state index is 8.98. The lowest BCUT2D eigenvalue weighted by Crippen LogP contribution is -2.28. The van der Waals surface area contributed by atoms with Gasteiger partial charge in [-0.25, -0.2) is 0 Å². The predicted octanol–water partition coefficient (Wildman–Crippen LogP) is 3.02. The molecule has 1 aromatic rings. The maximum Gasteiger partial charge on any atom is 0.122 e. The van der Waals surface area contributed by atoms with Crippen LogP contribution in [0, 0.1) is 17.2 Å². The number of benzene rings is 1. The molecular formula is C14H13NO. The molecule has 1 aromatic carbocycles. The molecular weight excluding hydrogens is 198 g/mol. The van der Waals surface area contributed by atoms with Crippen molar-refractivity contribution in [3.63, 3.8) is 0 Å². The standard InChI is InChI=1S/C14H13NO/c15-8-10-5-6-11-9-16-14-4-2-1-3-12(14)13(11)7-10/h1-5,11,13H,6-7,9H2. The first-order valence-corrected chi connectivity index (χ1v) is 5.69. The first kappa shape index (κ1) is 9.47. The Bertz CT molecular complexity index is 484. The van der Waals surface area contributed by atoms with Crippen molar-refractivity contribution in [3.05, 3.63) is 41.5 Å². The molecule has 0 aromatic heterocycles. The predicted molar refractivity (Wildman–Crippen MR) is 61.1 cm³/mol. The van der Waals surface area contributed by atoms with E-state index in [2.05, 4.69) is 24.3 Å². The second-order valence-corrected chi connectivity index (χ2v) is 4.50. The van der Waals surface area contributed by atoms with Gasteiger partial charge >= 0.3 is 0 Å². The van der Waals surface area contributed by atoms with E-state index < -0.39 is 0 Å². The summed E-state index contributed by atoms with van der Waals surface area (Å²) in [5.74, 6) is 2.03. The number of rotatable bonds is 0. The fraction of sp³-hybridized carbons (Fsp3) is 0.357. The van der Waals surface area contributed by atoms with Crippen LogP contribution in [0.4, 0.5) is 0 Å². The van der Waals surface area contributed by atoms with Gasteiger partial charge in [0.15, 0.2) is 0 Å². The van der Waals surface area contributed by atoms with E-state index in [1.165, 1.54) is 5.56 Å². The maximum atomic E-state index is 8.98. The lowest BCUT2D eigenvalue weighted by molar-refractivity contribution is 0.189. The zero-order valence-electron chi connectivity index (χ0n) is 9.02. The second kappa shape index (κ2) is 3.68. The quantitative estimate of drug-likeness (QED) is 0.660. The van der Waals surface area contributed by atoms with E-state index in [9.17, 15) is 0 Å². The average Bonchev–Trinajstić information content (AvgIpc) is 2.38. The molecule has 2 nitrogen and oxygen atoms in total. The summed E-state index contributed by atoms with van der Waals surface area (Å²) in [6, 6.07) is 10.5. The molecule has 0 radical (unpaired) electrons. The topological polar surface area (TPSA) is 33.0 Å². The van der Waals surface area contributed by atoms with Crippen LogP contribution in [0.3, 0.4) is 0 Å². The molecule has 16 heavy (non-hydrogen) atoms. The van der Waals surface area contributed by atoms with Crippen LogP contribution in [0.2, 0.25) is 0 Å². The molecule has 2 unspecified atom stereocenters. The number of nitrogens with zero attached hydrogens (tertiary/aromatic N) is 1. The van der Waals surface area contributed by atoms with Crippen LogP contribution in [-0.4, -0.2) is 6.61 Å². The van der Waals surface area contributed by atoms with Gasteiger partial charge in [-0.1, -0.05) is 24.3 Å². The number of hydrogen-bond acceptors (Lipinski definition) is 2. The molecule has 1 aliphatic carbocycles. The largest absolute Gasteiger partial charge is 0.493 e. The summed E-state index contributed by atoms with van der Waals surface area (Å²) in [6.45, 7) is 0.789. The van der Waals surface area contributed by atoms with Crippen LogP contribution in [0.1, 0.15) is 24.3 Å². The Balaban J connectivity index is 2.00. The molecule has 0 saturated carbocycles. The van der Waals surface area contributed by atoms with Crippen molar-refractivity contribution < 1.29 is 4.74 Å². The molecule has 3 rings (SSSR count). The lowest BCUT2D eigenvalue weighted by Gasteiger charge is -2.35. The normalized spacial score (nSPS) is 26.8. The Labute approximate surface area is 95.2 Å². The summed E-state index contributed by atoms with van der Waals surface area (Å²) in [5.41, 5.74) is 2.21. The summed E-state index contributed by atoms with van der Waals surface area (Å²) in [6.07, 6.45) is 3.92. The monoisotopic (exact) mass is 211 g/mol. The van der Waals surface area contributed by atoms with Crippen LogP contribution in [0.5, 0.6) is 5.75 Å². The zero-order chi connectivity index (χ0) is 11.0. The Morgan fingerprint density at radius 3 is 3.06 bits per heavy atom. The smallest absolute Gasteiger partial charge is 0.122 e. The van der Waals surface area contributed by atoms with Gasteiger partial charge in [0.05, 0.1) is 12.7 Å². The molecule has 0 amide bonds. The molecule has 0 fully saturated rings. The first-order valence-electron chi connectivity index (χ1n) is 5.69. The van der Waals surface area contributed by atoms with Crippen molar-refractivity contribution >= 4 is 0 Å². The van der Waals surface area contributed by atoms with Crippen molar-refractivity contribution in [3.8, 4) is 11.8 Å². The summed E-state index contributed by atoms with van der Waals surface area (Å²) < 4.78 is 5.75. The van der Waals surface area contributed by atoms with Crippen molar-refractivity contribution in [2.24, 2.45) is 5.92 Å². The van der Waals surface area contributed by atoms with Crippen molar-refractivity contribution in [1.82, 2.24) is 0 Å². The Hall–Kier alpha value is -1.75. The highest BCUT2D eigenvalue weighted by Gasteiger charge is 2.33. The van der Waals surface area contributed by atoms with Gasteiger partial charge in [0.1, 0.15) is 5.75 Å². The van der Waals surface area contributed by atoms with E-state index in [4.69, 9.17) is 10.00 Å². The molecule has 80 valence electrons. The van der Waals surface area contributed by atoms with Gasteiger partial charge in [-0.15, -0.1) is 0 Å². The molecule has 0 spiro atoms. The number of nitriles is 1. The minimum atomic E-state index is 0.476. The molecule has 0 N–H and O–H groups in total. The first-order chi connectivity index (χ1) is 7.88. The van der Waals surface area contributed by atoms with Gasteiger partial charge in [0.2, 0.25) is 0 Å². The minimum Gasteiger partial charge on any atom is -0.493 e. The van der Waals surface area contributed by atoms with Crippen LogP contribution in [0.25, 0.3) is 0 Å². The lowest BCUT2D eigenvalue weighted by atomic mass is 9.75. The van der Waals surface area contributed by atoms with E-state index in [-0.39, 0.29) is 0 Å². The van der Waals surface area contributed by atoms with Gasteiger partial charge < -0.3 is 4.74 Å². The Kier molecular flexibility index (Phi) is 2.18. The van der Waals surface area contributed by atoms with Crippen LogP contribution < -0.4 is 4.74 Å².